The maximum atomic E-state index is 12.0. The molecule has 2 amide bonds. The Hall–Kier alpha value is -2.82. The van der Waals surface area contributed by atoms with Gasteiger partial charge in [0.15, 0.2) is 0 Å². The lowest BCUT2D eigenvalue weighted by Crippen LogP contribution is -2.32. The van der Waals surface area contributed by atoms with Gasteiger partial charge in [-0.05, 0) is 42.3 Å². The third kappa shape index (κ3) is 3.51. The molecular formula is C18H19N3O2. The van der Waals surface area contributed by atoms with Crippen LogP contribution in [0.3, 0.4) is 0 Å². The van der Waals surface area contributed by atoms with E-state index in [1.165, 1.54) is 11.3 Å². The van der Waals surface area contributed by atoms with Crippen LogP contribution in [0.25, 0.3) is 0 Å². The highest BCUT2D eigenvalue weighted by atomic mass is 16.2. The number of fused-ring (bicyclic) bond motifs is 1. The molecule has 0 radical (unpaired) electrons. The molecule has 23 heavy (non-hydrogen) atoms. The average Bonchev–Trinajstić information content (AvgIpc) is 2.94. The highest BCUT2D eigenvalue weighted by Gasteiger charge is 2.16. The first kappa shape index (κ1) is 15.1. The Morgan fingerprint density at radius 3 is 2.70 bits per heavy atom. The molecule has 0 aliphatic carbocycles. The molecular weight excluding hydrogens is 290 g/mol. The van der Waals surface area contributed by atoms with Gasteiger partial charge in [0.25, 0.3) is 5.91 Å². The van der Waals surface area contributed by atoms with Crippen LogP contribution in [0.15, 0.2) is 48.5 Å². The molecule has 1 aliphatic rings. The van der Waals surface area contributed by atoms with Gasteiger partial charge in [0.1, 0.15) is 0 Å². The van der Waals surface area contributed by atoms with Crippen LogP contribution in [0, 0.1) is 0 Å². The van der Waals surface area contributed by atoms with Crippen LogP contribution in [-0.2, 0) is 11.2 Å². The largest absolute Gasteiger partial charge is 0.374 e. The van der Waals surface area contributed by atoms with Crippen molar-refractivity contribution in [3.63, 3.8) is 0 Å². The van der Waals surface area contributed by atoms with Crippen molar-refractivity contribution in [2.24, 2.45) is 0 Å². The van der Waals surface area contributed by atoms with Gasteiger partial charge < -0.3 is 15.5 Å². The Morgan fingerprint density at radius 1 is 1.13 bits per heavy atom. The van der Waals surface area contributed by atoms with Crippen LogP contribution in [0.5, 0.6) is 0 Å². The monoisotopic (exact) mass is 309 g/mol. The Morgan fingerprint density at radius 2 is 1.91 bits per heavy atom. The molecule has 0 atom stereocenters. The van der Waals surface area contributed by atoms with Crippen LogP contribution in [0.1, 0.15) is 15.9 Å². The Kier molecular flexibility index (Phi) is 4.28. The van der Waals surface area contributed by atoms with E-state index in [4.69, 9.17) is 0 Å². The van der Waals surface area contributed by atoms with Gasteiger partial charge in [-0.2, -0.15) is 0 Å². The van der Waals surface area contributed by atoms with E-state index in [0.29, 0.717) is 5.56 Å². The van der Waals surface area contributed by atoms with E-state index in [1.54, 1.807) is 24.3 Å². The first-order valence-corrected chi connectivity index (χ1v) is 7.60. The smallest absolute Gasteiger partial charge is 0.251 e. The molecule has 0 saturated heterocycles. The van der Waals surface area contributed by atoms with E-state index >= 15 is 0 Å². The zero-order valence-corrected chi connectivity index (χ0v) is 13.0. The highest BCUT2D eigenvalue weighted by molar-refractivity contribution is 5.99. The minimum Gasteiger partial charge on any atom is -0.374 e. The molecule has 2 N–H and O–H groups in total. The first-order chi connectivity index (χ1) is 11.1. The Bertz CT molecular complexity index is 728. The summed E-state index contributed by atoms with van der Waals surface area (Å²) in [4.78, 5) is 26.1. The lowest BCUT2D eigenvalue weighted by atomic mass is 10.1. The average molecular weight is 309 g/mol. The molecule has 0 bridgehead atoms. The molecule has 118 valence electrons. The normalized spacial score (nSPS) is 12.7. The number of carbonyl (C=O) groups excluding carboxylic acids is 2. The van der Waals surface area contributed by atoms with E-state index in [0.717, 1.165) is 18.7 Å². The summed E-state index contributed by atoms with van der Waals surface area (Å²) in [6.45, 7) is 0.949. The summed E-state index contributed by atoms with van der Waals surface area (Å²) in [6, 6.07) is 14.7. The topological polar surface area (TPSA) is 61.4 Å². The van der Waals surface area contributed by atoms with Crippen molar-refractivity contribution in [2.45, 2.75) is 6.42 Å². The third-order valence-corrected chi connectivity index (χ3v) is 3.94. The molecule has 0 unspecified atom stereocenters. The minimum atomic E-state index is -0.253. The maximum absolute atomic E-state index is 12.0. The lowest BCUT2D eigenvalue weighted by molar-refractivity contribution is -0.115. The van der Waals surface area contributed by atoms with Gasteiger partial charge in [-0.1, -0.05) is 18.2 Å². The van der Waals surface area contributed by atoms with Crippen molar-refractivity contribution in [2.75, 3.05) is 30.4 Å². The van der Waals surface area contributed by atoms with Gasteiger partial charge in [-0.3, -0.25) is 9.59 Å². The van der Waals surface area contributed by atoms with Gasteiger partial charge in [0, 0.05) is 30.5 Å². The quantitative estimate of drug-likeness (QED) is 0.908. The van der Waals surface area contributed by atoms with E-state index in [9.17, 15) is 9.59 Å². The number of likely N-dealkylation sites (N-methyl/N-ethyl adjacent to an activating group) is 1. The second-order valence-electron chi connectivity index (χ2n) is 5.61. The fraction of sp³-hybridized carbons (Fsp3) is 0.222. The number of hydrogen-bond acceptors (Lipinski definition) is 3. The van der Waals surface area contributed by atoms with E-state index in [-0.39, 0.29) is 18.4 Å². The fourth-order valence-corrected chi connectivity index (χ4v) is 2.70. The number of benzene rings is 2. The van der Waals surface area contributed by atoms with E-state index < -0.39 is 0 Å². The zero-order chi connectivity index (χ0) is 16.2. The van der Waals surface area contributed by atoms with Crippen LogP contribution < -0.4 is 15.5 Å². The van der Waals surface area contributed by atoms with Gasteiger partial charge in [-0.15, -0.1) is 0 Å². The number of nitrogens with one attached hydrogen (secondary N) is 2. The van der Waals surface area contributed by atoms with Crippen LogP contribution >= 0.6 is 0 Å². The molecule has 0 saturated carbocycles. The first-order valence-electron chi connectivity index (χ1n) is 7.60. The Balaban J connectivity index is 1.55. The fourth-order valence-electron chi connectivity index (χ4n) is 2.70. The second kappa shape index (κ2) is 6.52. The zero-order valence-electron chi connectivity index (χ0n) is 13.0. The molecule has 0 spiro atoms. The summed E-state index contributed by atoms with van der Waals surface area (Å²) in [7, 11) is 2.06. The summed E-state index contributed by atoms with van der Waals surface area (Å²) in [6.07, 6.45) is 0.986. The van der Waals surface area contributed by atoms with E-state index in [2.05, 4.69) is 22.6 Å². The SMILES string of the molecule is CN1CCc2cc(NC(=O)CNC(=O)c3ccccc3)ccc21. The lowest BCUT2D eigenvalue weighted by Gasteiger charge is -2.12. The number of carbonyl (C=O) groups is 2. The predicted molar refractivity (Wildman–Crippen MR) is 90.8 cm³/mol. The molecule has 5 heteroatoms. The molecule has 2 aromatic rings. The van der Waals surface area contributed by atoms with Crippen molar-refractivity contribution in [1.82, 2.24) is 5.32 Å². The van der Waals surface area contributed by atoms with Gasteiger partial charge in [0.05, 0.1) is 6.54 Å². The highest BCUT2D eigenvalue weighted by Crippen LogP contribution is 2.28. The predicted octanol–water partition coefficient (Wildman–Crippen LogP) is 2.05. The molecule has 2 aromatic carbocycles. The standard InChI is InChI=1S/C18H19N3O2/c1-21-10-9-14-11-15(7-8-16(14)21)20-17(22)12-19-18(23)13-5-3-2-4-6-13/h2-8,11H,9-10,12H2,1H3,(H,19,23)(H,20,22). The summed E-state index contributed by atoms with van der Waals surface area (Å²) in [5, 5.41) is 5.44. The minimum absolute atomic E-state index is 0.0509. The molecule has 1 aliphatic heterocycles. The van der Waals surface area contributed by atoms with Crippen molar-refractivity contribution >= 4 is 23.2 Å². The number of amides is 2. The third-order valence-electron chi connectivity index (χ3n) is 3.94. The molecule has 0 fully saturated rings. The summed E-state index contributed by atoms with van der Waals surface area (Å²) in [5.41, 5.74) is 3.75. The number of hydrogen-bond donors (Lipinski definition) is 2. The number of anilines is 2. The van der Waals surface area contributed by atoms with Crippen molar-refractivity contribution in [3.05, 3.63) is 59.7 Å². The molecule has 5 nitrogen and oxygen atoms in total. The molecule has 0 aromatic heterocycles. The summed E-state index contributed by atoms with van der Waals surface area (Å²) < 4.78 is 0. The van der Waals surface area contributed by atoms with Gasteiger partial charge in [-0.25, -0.2) is 0 Å². The number of nitrogens with zero attached hydrogens (tertiary/aromatic N) is 1. The maximum Gasteiger partial charge on any atom is 0.251 e. The van der Waals surface area contributed by atoms with Crippen molar-refractivity contribution in [3.8, 4) is 0 Å². The van der Waals surface area contributed by atoms with Crippen molar-refractivity contribution in [1.29, 1.82) is 0 Å². The van der Waals surface area contributed by atoms with Crippen molar-refractivity contribution < 1.29 is 9.59 Å². The second-order valence-corrected chi connectivity index (χ2v) is 5.61. The Labute approximate surface area is 135 Å². The summed E-state index contributed by atoms with van der Waals surface area (Å²) in [5.74, 6) is -0.489. The summed E-state index contributed by atoms with van der Waals surface area (Å²) >= 11 is 0. The van der Waals surface area contributed by atoms with Crippen LogP contribution in [0.2, 0.25) is 0 Å². The molecule has 1 heterocycles. The van der Waals surface area contributed by atoms with Crippen LogP contribution in [0.4, 0.5) is 11.4 Å². The number of rotatable bonds is 4. The van der Waals surface area contributed by atoms with E-state index in [1.807, 2.05) is 24.3 Å². The van der Waals surface area contributed by atoms with Crippen LogP contribution in [-0.4, -0.2) is 32.0 Å². The molecule has 3 rings (SSSR count). The van der Waals surface area contributed by atoms with Gasteiger partial charge in [0.2, 0.25) is 5.91 Å². The van der Waals surface area contributed by atoms with Gasteiger partial charge >= 0.3 is 0 Å².